The summed E-state index contributed by atoms with van der Waals surface area (Å²) >= 11 is 0. The Hall–Kier alpha value is -2.85. The predicted molar refractivity (Wildman–Crippen MR) is 92.0 cm³/mol. The van der Waals surface area contributed by atoms with E-state index in [2.05, 4.69) is 9.97 Å². The maximum Gasteiger partial charge on any atom is 0.236 e. The second-order valence-corrected chi connectivity index (χ2v) is 5.85. The van der Waals surface area contributed by atoms with Gasteiger partial charge in [0.25, 0.3) is 0 Å². The number of allylic oxidation sites excluding steroid dienone is 1. The number of carbonyl (C=O) groups excluding carboxylic acids is 1. The number of hydrogen-bond donors (Lipinski definition) is 2. The Morgan fingerprint density at radius 2 is 2.04 bits per heavy atom. The molecule has 24 heavy (non-hydrogen) atoms. The molecule has 2 rings (SSSR count). The van der Waals surface area contributed by atoms with Gasteiger partial charge >= 0.3 is 0 Å². The first-order valence-corrected chi connectivity index (χ1v) is 7.54. The van der Waals surface area contributed by atoms with E-state index in [0.29, 0.717) is 5.82 Å². The van der Waals surface area contributed by atoms with Gasteiger partial charge in [-0.3, -0.25) is 9.69 Å². The van der Waals surface area contributed by atoms with Gasteiger partial charge in [0.05, 0.1) is 23.6 Å². The molecule has 0 unspecified atom stereocenters. The second-order valence-electron chi connectivity index (χ2n) is 5.85. The van der Waals surface area contributed by atoms with Gasteiger partial charge in [0.1, 0.15) is 17.4 Å². The monoisotopic (exact) mass is 327 g/mol. The lowest BCUT2D eigenvalue weighted by Gasteiger charge is -2.25. The number of likely N-dealkylation sites (N-methyl/N-ethyl adjacent to an activating group) is 2. The van der Waals surface area contributed by atoms with Crippen LogP contribution in [-0.4, -0.2) is 64.5 Å². The number of H-pyrrole nitrogens is 1. The number of aromatic amines is 1. The standard InChI is InChI=1S/C17H21N5O2/c1-11(22(4)10-15(23)21(2)3)16(24)12(9-18)17-19-13-7-5-6-8-14(13)20-17/h5-8,11,24H,10H2,1-4H3,(H,19,20)/b16-12-/t11-/m0/s1. The highest BCUT2D eigenvalue weighted by atomic mass is 16.3. The zero-order chi connectivity index (χ0) is 17.9. The highest BCUT2D eigenvalue weighted by Gasteiger charge is 2.22. The number of aromatic nitrogens is 2. The summed E-state index contributed by atoms with van der Waals surface area (Å²) in [6.07, 6.45) is 0. The normalized spacial score (nSPS) is 13.5. The highest BCUT2D eigenvalue weighted by Crippen LogP contribution is 2.21. The number of benzene rings is 1. The molecule has 7 nitrogen and oxygen atoms in total. The van der Waals surface area contributed by atoms with Gasteiger partial charge in [-0.1, -0.05) is 12.1 Å². The van der Waals surface area contributed by atoms with E-state index in [4.69, 9.17) is 0 Å². The maximum absolute atomic E-state index is 11.8. The van der Waals surface area contributed by atoms with Crippen LogP contribution in [0.15, 0.2) is 30.0 Å². The number of rotatable bonds is 5. The van der Waals surface area contributed by atoms with Crippen molar-refractivity contribution in [2.75, 3.05) is 27.7 Å². The molecule has 0 aliphatic rings. The minimum absolute atomic E-state index is 0.0721. The number of nitriles is 1. The number of fused-ring (bicyclic) bond motifs is 1. The Morgan fingerprint density at radius 3 is 2.62 bits per heavy atom. The summed E-state index contributed by atoms with van der Waals surface area (Å²) in [6.45, 7) is 1.87. The van der Waals surface area contributed by atoms with Crippen molar-refractivity contribution < 1.29 is 9.90 Å². The average molecular weight is 327 g/mol. The third-order valence-electron chi connectivity index (χ3n) is 3.93. The molecule has 126 valence electrons. The molecule has 1 amide bonds. The number of amides is 1. The van der Waals surface area contributed by atoms with E-state index in [1.807, 2.05) is 30.3 Å². The van der Waals surface area contributed by atoms with Crippen LogP contribution in [0.3, 0.4) is 0 Å². The summed E-state index contributed by atoms with van der Waals surface area (Å²) in [6, 6.07) is 8.90. The molecular formula is C17H21N5O2. The van der Waals surface area contributed by atoms with Crippen LogP contribution in [0.25, 0.3) is 16.6 Å². The van der Waals surface area contributed by atoms with Crippen molar-refractivity contribution in [1.29, 1.82) is 5.26 Å². The van der Waals surface area contributed by atoms with Gasteiger partial charge in [-0.05, 0) is 26.1 Å². The van der Waals surface area contributed by atoms with Gasteiger partial charge in [0.2, 0.25) is 5.91 Å². The van der Waals surface area contributed by atoms with Crippen molar-refractivity contribution in [1.82, 2.24) is 19.8 Å². The Morgan fingerprint density at radius 1 is 1.38 bits per heavy atom. The first-order chi connectivity index (χ1) is 11.3. The Bertz CT molecular complexity index is 783. The lowest BCUT2D eigenvalue weighted by molar-refractivity contribution is -0.129. The van der Waals surface area contributed by atoms with E-state index in [-0.39, 0.29) is 23.8 Å². The summed E-state index contributed by atoms with van der Waals surface area (Å²) in [5, 5.41) is 20.0. The van der Waals surface area contributed by atoms with Crippen LogP contribution in [0.5, 0.6) is 0 Å². The molecule has 0 saturated carbocycles. The van der Waals surface area contributed by atoms with Crippen LogP contribution in [0, 0.1) is 11.3 Å². The fourth-order valence-corrected chi connectivity index (χ4v) is 2.21. The molecular weight excluding hydrogens is 306 g/mol. The van der Waals surface area contributed by atoms with E-state index in [9.17, 15) is 15.2 Å². The molecule has 0 aliphatic heterocycles. The minimum Gasteiger partial charge on any atom is -0.509 e. The van der Waals surface area contributed by atoms with Crippen molar-refractivity contribution in [2.45, 2.75) is 13.0 Å². The molecule has 0 spiro atoms. The number of nitrogens with one attached hydrogen (secondary N) is 1. The van der Waals surface area contributed by atoms with Crippen molar-refractivity contribution in [3.63, 3.8) is 0 Å². The summed E-state index contributed by atoms with van der Waals surface area (Å²) in [5.41, 5.74) is 1.58. The van der Waals surface area contributed by atoms with Gasteiger partial charge in [-0.15, -0.1) is 0 Å². The molecule has 0 radical (unpaired) electrons. The molecule has 1 heterocycles. The third kappa shape index (κ3) is 3.55. The maximum atomic E-state index is 11.8. The quantitative estimate of drug-likeness (QED) is 0.644. The lowest BCUT2D eigenvalue weighted by atomic mass is 10.1. The van der Waals surface area contributed by atoms with Crippen LogP contribution < -0.4 is 0 Å². The first kappa shape index (κ1) is 17.5. The van der Waals surface area contributed by atoms with Gasteiger partial charge in [0, 0.05) is 14.1 Å². The molecule has 0 aliphatic carbocycles. The second kappa shape index (κ2) is 7.15. The fourth-order valence-electron chi connectivity index (χ4n) is 2.21. The van der Waals surface area contributed by atoms with Crippen molar-refractivity contribution in [3.8, 4) is 6.07 Å². The van der Waals surface area contributed by atoms with Crippen LogP contribution >= 0.6 is 0 Å². The SMILES string of the molecule is C[C@@H](/C(O)=C(\C#N)c1nc2ccccc2[nH]1)N(C)CC(=O)N(C)C. The van der Waals surface area contributed by atoms with Crippen LogP contribution in [-0.2, 0) is 4.79 Å². The lowest BCUT2D eigenvalue weighted by Crippen LogP contribution is -2.40. The third-order valence-corrected chi connectivity index (χ3v) is 3.93. The molecule has 2 aromatic rings. The Balaban J connectivity index is 2.32. The van der Waals surface area contributed by atoms with Crippen molar-refractivity contribution in [2.24, 2.45) is 0 Å². The van der Waals surface area contributed by atoms with Gasteiger partial charge in [-0.2, -0.15) is 5.26 Å². The van der Waals surface area contributed by atoms with Crippen LogP contribution in [0.1, 0.15) is 12.7 Å². The smallest absolute Gasteiger partial charge is 0.236 e. The van der Waals surface area contributed by atoms with Crippen LogP contribution in [0.4, 0.5) is 0 Å². The molecule has 1 aromatic heterocycles. The van der Waals surface area contributed by atoms with E-state index in [0.717, 1.165) is 11.0 Å². The predicted octanol–water partition coefficient (Wildman–Crippen LogP) is 1.76. The van der Waals surface area contributed by atoms with Crippen molar-refractivity contribution in [3.05, 3.63) is 35.8 Å². The van der Waals surface area contributed by atoms with Gasteiger partial charge < -0.3 is 15.0 Å². The number of aliphatic hydroxyl groups excluding tert-OH is 1. The summed E-state index contributed by atoms with van der Waals surface area (Å²) in [7, 11) is 5.06. The number of aliphatic hydroxyl groups is 1. The zero-order valence-electron chi connectivity index (χ0n) is 14.2. The number of nitrogens with zero attached hydrogens (tertiary/aromatic N) is 4. The number of carbonyl (C=O) groups is 1. The summed E-state index contributed by atoms with van der Waals surface area (Å²) < 4.78 is 0. The van der Waals surface area contributed by atoms with Crippen LogP contribution in [0.2, 0.25) is 0 Å². The molecule has 0 fully saturated rings. The molecule has 1 aromatic carbocycles. The number of hydrogen-bond acceptors (Lipinski definition) is 5. The van der Waals surface area contributed by atoms with Crippen molar-refractivity contribution >= 4 is 22.5 Å². The summed E-state index contributed by atoms with van der Waals surface area (Å²) in [4.78, 5) is 22.4. The minimum atomic E-state index is -0.503. The first-order valence-electron chi connectivity index (χ1n) is 7.54. The topological polar surface area (TPSA) is 96.2 Å². The molecule has 2 N–H and O–H groups in total. The fraction of sp³-hybridized carbons (Fsp3) is 0.353. The highest BCUT2D eigenvalue weighted by molar-refractivity contribution is 5.83. The van der Waals surface area contributed by atoms with Gasteiger partial charge in [0.15, 0.2) is 5.82 Å². The molecule has 0 bridgehead atoms. The largest absolute Gasteiger partial charge is 0.509 e. The number of imidazole rings is 1. The number of para-hydroxylation sites is 2. The van der Waals surface area contributed by atoms with E-state index in [1.54, 1.807) is 33.0 Å². The van der Waals surface area contributed by atoms with E-state index < -0.39 is 6.04 Å². The Labute approximate surface area is 140 Å². The average Bonchev–Trinajstić information content (AvgIpc) is 2.97. The Kier molecular flexibility index (Phi) is 5.21. The van der Waals surface area contributed by atoms with E-state index >= 15 is 0 Å². The molecule has 7 heteroatoms. The molecule has 1 atom stereocenters. The molecule has 0 saturated heterocycles. The zero-order valence-corrected chi connectivity index (χ0v) is 14.2. The summed E-state index contributed by atoms with van der Waals surface area (Å²) in [5.74, 6) is 0.111. The van der Waals surface area contributed by atoms with Gasteiger partial charge in [-0.25, -0.2) is 4.98 Å². The van der Waals surface area contributed by atoms with E-state index in [1.165, 1.54) is 4.90 Å².